The molecule has 2 aromatic heterocycles. The summed E-state index contributed by atoms with van der Waals surface area (Å²) < 4.78 is 26.8. The highest BCUT2D eigenvalue weighted by Crippen LogP contribution is 2.46. The Hall–Kier alpha value is -3.25. The number of rotatable bonds is 14. The highest BCUT2D eigenvalue weighted by atomic mass is 35.5. The van der Waals surface area contributed by atoms with Crippen molar-refractivity contribution in [2.75, 3.05) is 18.5 Å². The predicted octanol–water partition coefficient (Wildman–Crippen LogP) is 8.52. The Morgan fingerprint density at radius 1 is 1.17 bits per heavy atom. The van der Waals surface area contributed by atoms with E-state index >= 15 is 4.39 Å². The van der Waals surface area contributed by atoms with Gasteiger partial charge in [-0.15, -0.1) is 0 Å². The molecule has 4 aromatic rings. The van der Waals surface area contributed by atoms with Gasteiger partial charge in [0.1, 0.15) is 29.1 Å². The monoisotopic (exact) mass is 717 g/mol. The highest BCUT2D eigenvalue weighted by Gasteiger charge is 2.34. The van der Waals surface area contributed by atoms with Crippen molar-refractivity contribution < 1.29 is 23.2 Å². The lowest BCUT2D eigenvalue weighted by atomic mass is 10.00. The number of aromatic nitrogens is 2. The van der Waals surface area contributed by atoms with E-state index in [0.29, 0.717) is 43.6 Å². The van der Waals surface area contributed by atoms with Gasteiger partial charge in [-0.05, 0) is 77.1 Å². The number of ether oxygens (including phenoxy) is 1. The van der Waals surface area contributed by atoms with Gasteiger partial charge < -0.3 is 24.8 Å². The standard InChI is InChI=1S/C35H42Cl2FN5O4S/c1-7-21(39-17-23-30(42-47-32(23)19-12-13-19)29-24(36)10-9-11-25(29)37)16-22(8-2)43(6)34-41-31-26(38)14-20(15-27(31)48-34)33(45)40-18-28(44)46-35(3,4)5/h9-11,14-15,19,21-22,39H,7-8,12-13,16-18H2,1-6H3,(H,40,45). The molecule has 48 heavy (non-hydrogen) atoms. The van der Waals surface area contributed by atoms with E-state index in [1.165, 1.54) is 11.3 Å². The van der Waals surface area contributed by atoms with Crippen molar-refractivity contribution in [3.8, 4) is 11.3 Å². The first-order valence-electron chi connectivity index (χ1n) is 16.3. The van der Waals surface area contributed by atoms with Gasteiger partial charge in [-0.1, -0.05) is 59.6 Å². The summed E-state index contributed by atoms with van der Waals surface area (Å²) in [5.41, 5.74) is 1.98. The molecule has 13 heteroatoms. The van der Waals surface area contributed by atoms with Gasteiger partial charge in [0.2, 0.25) is 0 Å². The van der Waals surface area contributed by atoms with Crippen LogP contribution in [0.2, 0.25) is 10.0 Å². The minimum Gasteiger partial charge on any atom is -0.459 e. The van der Waals surface area contributed by atoms with Gasteiger partial charge in [0.15, 0.2) is 10.9 Å². The summed E-state index contributed by atoms with van der Waals surface area (Å²) >= 11 is 14.4. The van der Waals surface area contributed by atoms with Crippen LogP contribution in [0.5, 0.6) is 0 Å². The van der Waals surface area contributed by atoms with Crippen molar-refractivity contribution in [3.05, 3.63) is 63.1 Å². The number of nitrogens with one attached hydrogen (secondary N) is 2. The van der Waals surface area contributed by atoms with E-state index in [9.17, 15) is 9.59 Å². The molecule has 9 nitrogen and oxygen atoms in total. The molecule has 5 rings (SSSR count). The third kappa shape index (κ3) is 8.48. The van der Waals surface area contributed by atoms with E-state index < -0.39 is 23.3 Å². The first-order chi connectivity index (χ1) is 22.8. The zero-order chi connectivity index (χ0) is 34.7. The maximum Gasteiger partial charge on any atom is 0.325 e. The molecule has 1 saturated carbocycles. The molecule has 0 spiro atoms. The Bertz CT molecular complexity index is 1760. The van der Waals surface area contributed by atoms with Crippen LogP contribution in [0, 0.1) is 5.82 Å². The summed E-state index contributed by atoms with van der Waals surface area (Å²) in [4.78, 5) is 31.5. The fourth-order valence-corrected chi connectivity index (χ4v) is 7.32. The average Bonchev–Trinajstić information content (AvgIpc) is 3.64. The fraction of sp³-hybridized carbons (Fsp3) is 0.486. The number of thiazole rings is 1. The zero-order valence-electron chi connectivity index (χ0n) is 28.1. The molecule has 258 valence electrons. The number of hydrogen-bond donors (Lipinski definition) is 2. The molecule has 2 aromatic carbocycles. The molecule has 0 aliphatic heterocycles. The lowest BCUT2D eigenvalue weighted by molar-refractivity contribution is -0.153. The fourth-order valence-electron chi connectivity index (χ4n) is 5.69. The van der Waals surface area contributed by atoms with Gasteiger partial charge in [-0.25, -0.2) is 9.37 Å². The van der Waals surface area contributed by atoms with Crippen LogP contribution < -0.4 is 15.5 Å². The first-order valence-corrected chi connectivity index (χ1v) is 17.9. The van der Waals surface area contributed by atoms with Gasteiger partial charge >= 0.3 is 5.97 Å². The van der Waals surface area contributed by atoms with Crippen molar-refractivity contribution in [2.24, 2.45) is 0 Å². The summed E-state index contributed by atoms with van der Waals surface area (Å²) in [5, 5.41) is 12.4. The number of hydrogen-bond acceptors (Lipinski definition) is 9. The summed E-state index contributed by atoms with van der Waals surface area (Å²) in [6.45, 7) is 9.74. The Morgan fingerprint density at radius 3 is 2.50 bits per heavy atom. The molecule has 1 fully saturated rings. The molecular formula is C35H42Cl2FN5O4S. The molecule has 0 saturated heterocycles. The Balaban J connectivity index is 1.28. The van der Waals surface area contributed by atoms with Crippen LogP contribution in [0.15, 0.2) is 34.9 Å². The second kappa shape index (κ2) is 15.1. The SMILES string of the molecule is CCC(CC(CC)N(C)c1nc2c(F)cc(C(=O)NCC(=O)OC(C)(C)C)cc2s1)NCc1c(-c2c(Cl)cccc2Cl)noc1C1CC1. The molecule has 1 aliphatic carbocycles. The summed E-state index contributed by atoms with van der Waals surface area (Å²) in [6, 6.07) is 8.43. The Kier molecular flexibility index (Phi) is 11.3. The van der Waals surface area contributed by atoms with E-state index in [4.69, 9.17) is 32.5 Å². The summed E-state index contributed by atoms with van der Waals surface area (Å²) in [6.07, 6.45) is 4.67. The van der Waals surface area contributed by atoms with E-state index in [-0.39, 0.29) is 29.7 Å². The van der Waals surface area contributed by atoms with Crippen molar-refractivity contribution in [1.29, 1.82) is 0 Å². The topological polar surface area (TPSA) is 110 Å². The van der Waals surface area contributed by atoms with Crippen LogP contribution in [0.1, 0.15) is 94.3 Å². The number of fused-ring (bicyclic) bond motifs is 1. The Morgan fingerprint density at radius 2 is 1.88 bits per heavy atom. The lowest BCUT2D eigenvalue weighted by Crippen LogP contribution is -2.39. The lowest BCUT2D eigenvalue weighted by Gasteiger charge is -2.30. The van der Waals surface area contributed by atoms with Crippen molar-refractivity contribution in [2.45, 2.75) is 96.9 Å². The van der Waals surface area contributed by atoms with E-state index in [0.717, 1.165) is 49.5 Å². The van der Waals surface area contributed by atoms with Crippen molar-refractivity contribution >= 4 is 61.8 Å². The zero-order valence-corrected chi connectivity index (χ0v) is 30.4. The third-order valence-corrected chi connectivity index (χ3v) is 10.1. The van der Waals surface area contributed by atoms with Crippen LogP contribution in [0.3, 0.4) is 0 Å². The molecule has 2 heterocycles. The van der Waals surface area contributed by atoms with Crippen molar-refractivity contribution in [3.63, 3.8) is 0 Å². The number of halogens is 3. The van der Waals surface area contributed by atoms with Crippen LogP contribution >= 0.6 is 34.5 Å². The van der Waals surface area contributed by atoms with E-state index in [1.54, 1.807) is 39.0 Å². The van der Waals surface area contributed by atoms with Crippen molar-refractivity contribution in [1.82, 2.24) is 20.8 Å². The maximum atomic E-state index is 15.2. The quantitative estimate of drug-likeness (QED) is 0.125. The first kappa shape index (κ1) is 36.0. The number of nitrogens with zero attached hydrogens (tertiary/aromatic N) is 3. The number of amides is 1. The maximum absolute atomic E-state index is 15.2. The summed E-state index contributed by atoms with van der Waals surface area (Å²) in [5.74, 6) is -0.482. The molecule has 2 N–H and O–H groups in total. The number of anilines is 1. The normalized spacial score (nSPS) is 14.6. The largest absolute Gasteiger partial charge is 0.459 e. The third-order valence-electron chi connectivity index (χ3n) is 8.42. The Labute approximate surface area is 294 Å². The number of benzene rings is 2. The molecule has 1 aliphatic rings. The van der Waals surface area contributed by atoms with Gasteiger partial charge in [-0.2, -0.15) is 0 Å². The van der Waals surface area contributed by atoms with Crippen LogP contribution in [-0.2, 0) is 16.1 Å². The van der Waals surface area contributed by atoms with Gasteiger partial charge in [0.05, 0.1) is 14.7 Å². The highest BCUT2D eigenvalue weighted by molar-refractivity contribution is 7.22. The molecule has 0 radical (unpaired) electrons. The molecule has 2 unspecified atom stereocenters. The number of esters is 1. The number of carbonyl (C=O) groups is 2. The van der Waals surface area contributed by atoms with Crippen LogP contribution in [-0.4, -0.2) is 53.3 Å². The molecule has 1 amide bonds. The average molecular weight is 719 g/mol. The minimum atomic E-state index is -0.673. The molecular weight excluding hydrogens is 676 g/mol. The smallest absolute Gasteiger partial charge is 0.325 e. The second-order valence-corrected chi connectivity index (χ2v) is 15.0. The van der Waals surface area contributed by atoms with Gasteiger partial charge in [0.25, 0.3) is 5.91 Å². The molecule has 2 atom stereocenters. The minimum absolute atomic E-state index is 0.102. The van der Waals surface area contributed by atoms with E-state index in [1.807, 2.05) is 13.1 Å². The van der Waals surface area contributed by atoms with Crippen LogP contribution in [0.4, 0.5) is 9.52 Å². The van der Waals surface area contributed by atoms with Gasteiger partial charge in [-0.3, -0.25) is 9.59 Å². The van der Waals surface area contributed by atoms with Crippen LogP contribution in [0.25, 0.3) is 21.5 Å². The number of carbonyl (C=O) groups excluding carboxylic acids is 2. The second-order valence-electron chi connectivity index (χ2n) is 13.2. The molecule has 0 bridgehead atoms. The van der Waals surface area contributed by atoms with E-state index in [2.05, 4.69) is 39.5 Å². The predicted molar refractivity (Wildman–Crippen MR) is 190 cm³/mol. The summed E-state index contributed by atoms with van der Waals surface area (Å²) in [7, 11) is 1.97. The van der Waals surface area contributed by atoms with Gasteiger partial charge in [0, 0.05) is 48.3 Å².